The van der Waals surface area contributed by atoms with Crippen LogP contribution in [0.2, 0.25) is 5.02 Å². The fraction of sp³-hybridized carbons (Fsp3) is 0.105. The number of nitrogens with one attached hydrogen (secondary N) is 3. The largest absolute Gasteiger partial charge is 0.482 e. The number of benzene rings is 2. The second-order valence-corrected chi connectivity index (χ2v) is 8.25. The third-order valence-corrected chi connectivity index (χ3v) is 5.01. The summed E-state index contributed by atoms with van der Waals surface area (Å²) in [5, 5.41) is 2.87. The molecule has 10 heteroatoms. The Hall–Kier alpha value is -1.94. The normalized spacial score (nSPS) is 10.5. The van der Waals surface area contributed by atoms with Gasteiger partial charge in [-0.2, -0.15) is 0 Å². The fourth-order valence-corrected chi connectivity index (χ4v) is 4.04. The monoisotopic (exact) mass is 559 g/mol. The molecular formula is C19H16Br2ClN3O3S. The van der Waals surface area contributed by atoms with E-state index in [-0.39, 0.29) is 11.7 Å². The van der Waals surface area contributed by atoms with E-state index in [1.165, 1.54) is 6.08 Å². The Bertz CT molecular complexity index is 946. The molecule has 0 atom stereocenters. The van der Waals surface area contributed by atoms with Gasteiger partial charge in [0.05, 0.1) is 4.47 Å². The summed E-state index contributed by atoms with van der Waals surface area (Å²) in [5.41, 5.74) is 6.35. The summed E-state index contributed by atoms with van der Waals surface area (Å²) in [6.45, 7) is 1.62. The molecule has 2 aromatic carbocycles. The Morgan fingerprint density at radius 2 is 1.93 bits per heavy atom. The van der Waals surface area contributed by atoms with Crippen LogP contribution in [0.25, 0.3) is 6.08 Å². The van der Waals surface area contributed by atoms with E-state index in [2.05, 4.69) is 48.0 Å². The molecule has 0 radical (unpaired) electrons. The van der Waals surface area contributed by atoms with Crippen molar-refractivity contribution in [2.45, 2.75) is 6.92 Å². The number of carbonyl (C=O) groups is 2. The molecule has 0 unspecified atom stereocenters. The standard InChI is InChI=1S/C19H16Br2ClN3O3S/c1-11-8-13(20)9-14(21)18(11)28-10-17(27)24-25-19(29)23-16(26)7-6-12-4-2-3-5-15(12)22/h2-9H,10H2,1H3,(H,24,27)(H2,23,25,26,29). The Kier molecular flexibility index (Phi) is 9.09. The highest BCUT2D eigenvalue weighted by Gasteiger charge is 2.10. The average Bonchev–Trinajstić information content (AvgIpc) is 2.65. The van der Waals surface area contributed by atoms with Crippen molar-refractivity contribution in [3.05, 3.63) is 67.6 Å². The van der Waals surface area contributed by atoms with Crippen molar-refractivity contribution in [3.8, 4) is 5.75 Å². The van der Waals surface area contributed by atoms with E-state index < -0.39 is 11.8 Å². The lowest BCUT2D eigenvalue weighted by Gasteiger charge is -2.13. The number of hydrazine groups is 1. The van der Waals surface area contributed by atoms with Crippen molar-refractivity contribution in [1.29, 1.82) is 0 Å². The lowest BCUT2D eigenvalue weighted by molar-refractivity contribution is -0.123. The first-order chi connectivity index (χ1) is 13.8. The number of rotatable bonds is 5. The molecule has 0 bridgehead atoms. The molecular weight excluding hydrogens is 546 g/mol. The third kappa shape index (κ3) is 7.77. The molecule has 3 N–H and O–H groups in total. The zero-order valence-corrected chi connectivity index (χ0v) is 19.8. The molecule has 6 nitrogen and oxygen atoms in total. The van der Waals surface area contributed by atoms with E-state index in [1.807, 2.05) is 25.1 Å². The van der Waals surface area contributed by atoms with Gasteiger partial charge >= 0.3 is 0 Å². The van der Waals surface area contributed by atoms with E-state index in [4.69, 9.17) is 28.6 Å². The maximum Gasteiger partial charge on any atom is 0.276 e. The first-order valence-corrected chi connectivity index (χ1v) is 10.5. The zero-order valence-electron chi connectivity index (χ0n) is 15.1. The van der Waals surface area contributed by atoms with Gasteiger partial charge in [-0.15, -0.1) is 0 Å². The molecule has 0 aromatic heterocycles. The van der Waals surface area contributed by atoms with Crippen LogP contribution in [0.3, 0.4) is 0 Å². The lowest BCUT2D eigenvalue weighted by atomic mass is 10.2. The van der Waals surface area contributed by atoms with Crippen molar-refractivity contribution in [2.24, 2.45) is 0 Å². The van der Waals surface area contributed by atoms with Gasteiger partial charge in [0.25, 0.3) is 5.91 Å². The summed E-state index contributed by atoms with van der Waals surface area (Å²) in [6, 6.07) is 10.8. The van der Waals surface area contributed by atoms with Crippen molar-refractivity contribution < 1.29 is 14.3 Å². The minimum Gasteiger partial charge on any atom is -0.482 e. The first kappa shape index (κ1) is 23.3. The molecule has 0 aliphatic rings. The molecule has 0 saturated heterocycles. The summed E-state index contributed by atoms with van der Waals surface area (Å²) in [7, 11) is 0. The van der Waals surface area contributed by atoms with Crippen LogP contribution in [0.4, 0.5) is 0 Å². The van der Waals surface area contributed by atoms with Crippen molar-refractivity contribution in [2.75, 3.05) is 6.61 Å². The predicted molar refractivity (Wildman–Crippen MR) is 125 cm³/mol. The number of halogens is 3. The number of hydrogen-bond donors (Lipinski definition) is 3. The number of ether oxygens (including phenoxy) is 1. The predicted octanol–water partition coefficient (Wildman–Crippen LogP) is 4.29. The summed E-state index contributed by atoms with van der Waals surface area (Å²) < 4.78 is 7.14. The summed E-state index contributed by atoms with van der Waals surface area (Å²) >= 11 is 17.7. The molecule has 2 aromatic rings. The SMILES string of the molecule is Cc1cc(Br)cc(Br)c1OCC(=O)NNC(=S)NC(=O)C=Cc1ccccc1Cl. The van der Waals surface area contributed by atoms with E-state index in [9.17, 15) is 9.59 Å². The van der Waals surface area contributed by atoms with E-state index in [0.29, 0.717) is 16.3 Å². The highest BCUT2D eigenvalue weighted by Crippen LogP contribution is 2.32. The molecule has 29 heavy (non-hydrogen) atoms. The van der Waals surface area contributed by atoms with Gasteiger partial charge in [0, 0.05) is 15.6 Å². The van der Waals surface area contributed by atoms with Gasteiger partial charge in [-0.3, -0.25) is 25.8 Å². The zero-order chi connectivity index (χ0) is 21.4. The minimum absolute atomic E-state index is 0.0619. The number of hydrogen-bond acceptors (Lipinski definition) is 4. The molecule has 0 heterocycles. The Morgan fingerprint density at radius 3 is 2.62 bits per heavy atom. The minimum atomic E-state index is -0.470. The quantitative estimate of drug-likeness (QED) is 0.289. The highest BCUT2D eigenvalue weighted by molar-refractivity contribution is 9.11. The van der Waals surface area contributed by atoms with Crippen molar-refractivity contribution in [3.63, 3.8) is 0 Å². The second kappa shape index (κ2) is 11.3. The Balaban J connectivity index is 1.76. The Labute approximate surface area is 195 Å². The number of amides is 2. The van der Waals surface area contributed by atoms with Crippen LogP contribution in [-0.4, -0.2) is 23.5 Å². The molecule has 0 saturated carbocycles. The topological polar surface area (TPSA) is 79.5 Å². The van der Waals surface area contributed by atoms with Crippen LogP contribution in [0.15, 0.2) is 51.4 Å². The van der Waals surface area contributed by atoms with Crippen LogP contribution >= 0.6 is 55.7 Å². The molecule has 0 aliphatic carbocycles. The fourth-order valence-electron chi connectivity index (χ4n) is 2.13. The van der Waals surface area contributed by atoms with Crippen molar-refractivity contribution in [1.82, 2.24) is 16.2 Å². The van der Waals surface area contributed by atoms with Crippen LogP contribution < -0.4 is 20.9 Å². The van der Waals surface area contributed by atoms with Crippen molar-refractivity contribution >= 4 is 78.7 Å². The number of thiocarbonyl (C=S) groups is 1. The van der Waals surface area contributed by atoms with Gasteiger partial charge in [-0.25, -0.2) is 0 Å². The van der Waals surface area contributed by atoms with E-state index in [1.54, 1.807) is 24.3 Å². The number of aryl methyl sites for hydroxylation is 1. The second-order valence-electron chi connectivity index (χ2n) is 5.67. The molecule has 152 valence electrons. The summed E-state index contributed by atoms with van der Waals surface area (Å²) in [6.07, 6.45) is 2.85. The maximum absolute atomic E-state index is 11.9. The highest BCUT2D eigenvalue weighted by atomic mass is 79.9. The van der Waals surface area contributed by atoms with Gasteiger partial charge in [-0.05, 0) is 70.5 Å². The van der Waals surface area contributed by atoms with Crippen LogP contribution in [-0.2, 0) is 9.59 Å². The van der Waals surface area contributed by atoms with Crippen LogP contribution in [0.1, 0.15) is 11.1 Å². The molecule has 0 spiro atoms. The van der Waals surface area contributed by atoms with Gasteiger partial charge < -0.3 is 4.74 Å². The Morgan fingerprint density at radius 1 is 1.21 bits per heavy atom. The van der Waals surface area contributed by atoms with Gasteiger partial charge in [0.2, 0.25) is 5.91 Å². The summed E-state index contributed by atoms with van der Waals surface area (Å²) in [5.74, 6) is -0.381. The van der Waals surface area contributed by atoms with Crippen LogP contribution in [0, 0.1) is 6.92 Å². The average molecular weight is 562 g/mol. The third-order valence-electron chi connectivity index (χ3n) is 3.41. The van der Waals surface area contributed by atoms with E-state index in [0.717, 1.165) is 14.5 Å². The molecule has 2 amide bonds. The summed E-state index contributed by atoms with van der Waals surface area (Å²) in [4.78, 5) is 23.8. The van der Waals surface area contributed by atoms with E-state index >= 15 is 0 Å². The molecule has 0 aliphatic heterocycles. The number of carbonyl (C=O) groups excluding carboxylic acids is 2. The van der Waals surface area contributed by atoms with Gasteiger partial charge in [-0.1, -0.05) is 45.7 Å². The molecule has 0 fully saturated rings. The van der Waals surface area contributed by atoms with Gasteiger partial charge in [0.15, 0.2) is 11.7 Å². The molecule has 2 rings (SSSR count). The van der Waals surface area contributed by atoms with Crippen LogP contribution in [0.5, 0.6) is 5.75 Å². The maximum atomic E-state index is 11.9. The lowest BCUT2D eigenvalue weighted by Crippen LogP contribution is -2.49. The van der Waals surface area contributed by atoms with Gasteiger partial charge in [0.1, 0.15) is 5.75 Å². The smallest absolute Gasteiger partial charge is 0.276 e. The first-order valence-electron chi connectivity index (χ1n) is 8.17.